The molecular weight excluding hydrogens is 455 g/mol. The van der Waals surface area contributed by atoms with Gasteiger partial charge in [-0.15, -0.1) is 13.2 Å². The Morgan fingerprint density at radius 1 is 1.11 bits per heavy atom. The van der Waals surface area contributed by atoms with E-state index in [0.29, 0.717) is 25.8 Å². The topological polar surface area (TPSA) is 47.4 Å². The Morgan fingerprint density at radius 3 is 2.66 bits per heavy atom. The Kier molecular flexibility index (Phi) is 5.91. The molecule has 3 aromatic rings. The van der Waals surface area contributed by atoms with Crippen LogP contribution in [0.25, 0.3) is 11.8 Å². The number of likely N-dealkylation sites (tertiary alicyclic amines) is 1. The first-order valence-corrected chi connectivity index (χ1v) is 11.7. The van der Waals surface area contributed by atoms with Crippen molar-refractivity contribution < 1.29 is 22.7 Å². The second kappa shape index (κ2) is 8.91. The standard InChI is InChI=1S/C27H26F3N3O2/c1-17-12-19(5-9-24(17)32-15-18(2)31-16-32)13-21-4-3-11-33(26(21)34)25-10-6-20-14-22(7-8-23(20)25)35-27(28,29)30/h5,7-9,12-16,25H,3-4,6,10-11H2,1-2H3/b21-13+/t25-/m0/s1. The molecule has 1 saturated heterocycles. The summed E-state index contributed by atoms with van der Waals surface area (Å²) >= 11 is 0. The summed E-state index contributed by atoms with van der Waals surface area (Å²) < 4.78 is 43.8. The number of benzene rings is 2. The minimum atomic E-state index is -4.72. The van der Waals surface area contributed by atoms with E-state index in [0.717, 1.165) is 45.6 Å². The molecule has 5 nitrogen and oxygen atoms in total. The third-order valence-corrected chi connectivity index (χ3v) is 6.70. The first kappa shape index (κ1) is 23.2. The molecule has 0 N–H and O–H groups in total. The number of rotatable bonds is 4. The molecule has 0 spiro atoms. The van der Waals surface area contributed by atoms with Crippen molar-refractivity contribution in [2.45, 2.75) is 51.9 Å². The van der Waals surface area contributed by atoms with Crippen molar-refractivity contribution in [3.63, 3.8) is 0 Å². The van der Waals surface area contributed by atoms with Crippen LogP contribution < -0.4 is 4.74 Å². The minimum Gasteiger partial charge on any atom is -0.406 e. The van der Waals surface area contributed by atoms with E-state index in [2.05, 4.69) is 15.8 Å². The lowest BCUT2D eigenvalue weighted by Crippen LogP contribution is -2.39. The Balaban J connectivity index is 1.36. The van der Waals surface area contributed by atoms with Crippen LogP contribution in [0.15, 0.2) is 54.5 Å². The molecule has 8 heteroatoms. The van der Waals surface area contributed by atoms with Crippen LogP contribution in [0.4, 0.5) is 13.2 Å². The molecule has 2 heterocycles. The number of nitrogens with zero attached hydrogens (tertiary/aromatic N) is 3. The molecule has 1 atom stereocenters. The number of halogens is 3. The molecule has 0 radical (unpaired) electrons. The Bertz CT molecular complexity index is 1310. The van der Waals surface area contributed by atoms with Crippen LogP contribution in [-0.2, 0) is 11.2 Å². The molecule has 1 aliphatic carbocycles. The van der Waals surface area contributed by atoms with Gasteiger partial charge < -0.3 is 14.2 Å². The second-order valence-electron chi connectivity index (χ2n) is 9.20. The Labute approximate surface area is 201 Å². The normalized spacial score (nSPS) is 19.3. The van der Waals surface area contributed by atoms with E-state index >= 15 is 0 Å². The summed E-state index contributed by atoms with van der Waals surface area (Å²) in [5, 5.41) is 0. The van der Waals surface area contributed by atoms with Crippen molar-refractivity contribution >= 4 is 12.0 Å². The average molecular weight is 482 g/mol. The smallest absolute Gasteiger partial charge is 0.406 e. The lowest BCUT2D eigenvalue weighted by atomic mass is 9.97. The highest BCUT2D eigenvalue weighted by atomic mass is 19.4. The van der Waals surface area contributed by atoms with Crippen LogP contribution in [0.1, 0.15) is 53.3 Å². The maximum Gasteiger partial charge on any atom is 0.573 e. The molecule has 1 amide bonds. The van der Waals surface area contributed by atoms with Crippen LogP contribution in [-0.4, -0.2) is 33.3 Å². The Hall–Kier alpha value is -3.55. The number of hydrogen-bond acceptors (Lipinski definition) is 3. The number of piperidine rings is 1. The highest BCUT2D eigenvalue weighted by Crippen LogP contribution is 2.40. The molecule has 0 unspecified atom stereocenters. The van der Waals surface area contributed by atoms with E-state index in [9.17, 15) is 18.0 Å². The van der Waals surface area contributed by atoms with E-state index in [1.165, 1.54) is 12.1 Å². The number of amides is 1. The monoisotopic (exact) mass is 481 g/mol. The van der Waals surface area contributed by atoms with Crippen LogP contribution >= 0.6 is 0 Å². The van der Waals surface area contributed by atoms with Crippen molar-refractivity contribution in [2.24, 2.45) is 0 Å². The number of aromatic nitrogens is 2. The second-order valence-corrected chi connectivity index (χ2v) is 9.20. The van der Waals surface area contributed by atoms with E-state index in [1.54, 1.807) is 12.4 Å². The number of imidazole rings is 1. The molecule has 1 fully saturated rings. The number of fused-ring (bicyclic) bond motifs is 1. The minimum absolute atomic E-state index is 0.00307. The fourth-order valence-corrected chi connectivity index (χ4v) is 5.17. The van der Waals surface area contributed by atoms with Gasteiger partial charge in [-0.2, -0.15) is 0 Å². The van der Waals surface area contributed by atoms with Crippen LogP contribution in [0.3, 0.4) is 0 Å². The zero-order chi connectivity index (χ0) is 24.7. The summed E-state index contributed by atoms with van der Waals surface area (Å²) in [5.41, 5.74) is 6.51. The van der Waals surface area contributed by atoms with Gasteiger partial charge in [0, 0.05) is 24.0 Å². The number of alkyl halides is 3. The van der Waals surface area contributed by atoms with Crippen molar-refractivity contribution in [1.82, 2.24) is 14.5 Å². The summed E-state index contributed by atoms with van der Waals surface area (Å²) in [6.45, 7) is 4.62. The highest BCUT2D eigenvalue weighted by molar-refractivity contribution is 5.99. The summed E-state index contributed by atoms with van der Waals surface area (Å²) in [5.74, 6) is -0.219. The lowest BCUT2D eigenvalue weighted by molar-refractivity contribution is -0.274. The van der Waals surface area contributed by atoms with Gasteiger partial charge in [-0.05, 0) is 92.1 Å². The first-order valence-electron chi connectivity index (χ1n) is 11.7. The summed E-state index contributed by atoms with van der Waals surface area (Å²) in [6, 6.07) is 10.4. The molecule has 35 heavy (non-hydrogen) atoms. The van der Waals surface area contributed by atoms with Gasteiger partial charge in [0.2, 0.25) is 5.91 Å². The maximum atomic E-state index is 13.4. The summed E-state index contributed by atoms with van der Waals surface area (Å²) in [6.07, 6.45) is 3.87. The molecular formula is C27H26F3N3O2. The fourth-order valence-electron chi connectivity index (χ4n) is 5.17. The van der Waals surface area contributed by atoms with Crippen LogP contribution in [0, 0.1) is 13.8 Å². The third kappa shape index (κ3) is 4.83. The molecule has 5 rings (SSSR count). The third-order valence-electron chi connectivity index (χ3n) is 6.70. The molecule has 1 aliphatic heterocycles. The van der Waals surface area contributed by atoms with Gasteiger partial charge in [-0.3, -0.25) is 4.79 Å². The number of ether oxygens (including phenoxy) is 1. The largest absolute Gasteiger partial charge is 0.573 e. The van der Waals surface area contributed by atoms with Crippen molar-refractivity contribution in [2.75, 3.05) is 6.54 Å². The van der Waals surface area contributed by atoms with Crippen molar-refractivity contribution in [3.05, 3.63) is 82.4 Å². The molecule has 2 aliphatic rings. The molecule has 0 saturated carbocycles. The quantitative estimate of drug-likeness (QED) is 0.424. The van der Waals surface area contributed by atoms with Gasteiger partial charge in [-0.1, -0.05) is 12.1 Å². The highest BCUT2D eigenvalue weighted by Gasteiger charge is 2.36. The van der Waals surface area contributed by atoms with Gasteiger partial charge in [0.05, 0.1) is 18.1 Å². The number of carbonyl (C=O) groups is 1. The van der Waals surface area contributed by atoms with E-state index in [1.807, 2.05) is 47.7 Å². The van der Waals surface area contributed by atoms with Gasteiger partial charge in [0.15, 0.2) is 0 Å². The Morgan fingerprint density at radius 2 is 1.94 bits per heavy atom. The number of carbonyl (C=O) groups excluding carboxylic acids is 1. The fraction of sp³-hybridized carbons (Fsp3) is 0.333. The molecule has 2 aromatic carbocycles. The summed E-state index contributed by atoms with van der Waals surface area (Å²) in [7, 11) is 0. The lowest BCUT2D eigenvalue weighted by Gasteiger charge is -2.34. The number of hydrogen-bond donors (Lipinski definition) is 0. The maximum absolute atomic E-state index is 13.4. The average Bonchev–Trinajstić information content (AvgIpc) is 3.40. The predicted molar refractivity (Wildman–Crippen MR) is 126 cm³/mol. The van der Waals surface area contributed by atoms with E-state index in [4.69, 9.17) is 0 Å². The number of aryl methyl sites for hydroxylation is 3. The molecule has 1 aromatic heterocycles. The zero-order valence-electron chi connectivity index (χ0n) is 19.6. The molecule has 0 bridgehead atoms. The van der Waals surface area contributed by atoms with Crippen LogP contribution in [0.2, 0.25) is 0 Å². The molecule has 182 valence electrons. The van der Waals surface area contributed by atoms with E-state index < -0.39 is 6.36 Å². The predicted octanol–water partition coefficient (Wildman–Crippen LogP) is 6.08. The van der Waals surface area contributed by atoms with E-state index in [-0.39, 0.29) is 17.7 Å². The van der Waals surface area contributed by atoms with Gasteiger partial charge in [0.1, 0.15) is 5.75 Å². The van der Waals surface area contributed by atoms with Crippen LogP contribution in [0.5, 0.6) is 5.75 Å². The zero-order valence-corrected chi connectivity index (χ0v) is 19.6. The first-order chi connectivity index (χ1) is 16.7. The van der Waals surface area contributed by atoms with Gasteiger partial charge in [-0.25, -0.2) is 4.98 Å². The van der Waals surface area contributed by atoms with Gasteiger partial charge in [0.25, 0.3) is 0 Å². The van der Waals surface area contributed by atoms with Crippen molar-refractivity contribution in [1.29, 1.82) is 0 Å². The van der Waals surface area contributed by atoms with Crippen molar-refractivity contribution in [3.8, 4) is 11.4 Å². The van der Waals surface area contributed by atoms with Gasteiger partial charge >= 0.3 is 6.36 Å². The summed E-state index contributed by atoms with van der Waals surface area (Å²) in [4.78, 5) is 19.6. The SMILES string of the molecule is Cc1cn(-c2ccc(/C=C3\CCCN([C@H]4CCc5cc(OC(F)(F)F)ccc54)C3=O)cc2C)cn1.